The molecule has 0 saturated carbocycles. The number of sulfonamides is 1. The first-order valence-corrected chi connectivity index (χ1v) is 8.08. The van der Waals surface area contributed by atoms with Gasteiger partial charge in [0, 0.05) is 20.2 Å². The zero-order valence-corrected chi connectivity index (χ0v) is 12.6. The first-order chi connectivity index (χ1) is 9.34. The average Bonchev–Trinajstić information content (AvgIpc) is 2.38. The molecule has 4 N–H and O–H groups in total. The van der Waals surface area contributed by atoms with Crippen LogP contribution in [-0.4, -0.2) is 34.7 Å². The van der Waals surface area contributed by atoms with Crippen LogP contribution in [0.5, 0.6) is 0 Å². The first kappa shape index (κ1) is 15.1. The molecule has 0 aromatic heterocycles. The summed E-state index contributed by atoms with van der Waals surface area (Å²) < 4.78 is 28.5. The Morgan fingerprint density at radius 1 is 1.40 bits per heavy atom. The van der Waals surface area contributed by atoms with Crippen LogP contribution in [0.25, 0.3) is 0 Å². The molecule has 1 saturated heterocycles. The minimum absolute atomic E-state index is 0.0254. The van der Waals surface area contributed by atoms with Crippen molar-refractivity contribution >= 4 is 21.4 Å². The highest BCUT2D eigenvalue weighted by molar-refractivity contribution is 7.89. The Labute approximate surface area is 119 Å². The van der Waals surface area contributed by atoms with Crippen LogP contribution in [0.3, 0.4) is 0 Å². The van der Waals surface area contributed by atoms with Crippen LogP contribution in [0.15, 0.2) is 23.1 Å². The van der Waals surface area contributed by atoms with E-state index in [1.165, 1.54) is 6.07 Å². The van der Waals surface area contributed by atoms with E-state index in [4.69, 9.17) is 15.6 Å². The van der Waals surface area contributed by atoms with Crippen molar-refractivity contribution in [2.24, 2.45) is 11.1 Å². The summed E-state index contributed by atoms with van der Waals surface area (Å²) in [5.74, 6) is 0.471. The third kappa shape index (κ3) is 2.89. The fourth-order valence-corrected chi connectivity index (χ4v) is 3.30. The molecule has 20 heavy (non-hydrogen) atoms. The van der Waals surface area contributed by atoms with Gasteiger partial charge < -0.3 is 15.4 Å². The van der Waals surface area contributed by atoms with Crippen molar-refractivity contribution in [2.45, 2.75) is 24.3 Å². The molecule has 1 aromatic carbocycles. The molecule has 1 aliphatic rings. The Hall–Kier alpha value is -1.31. The first-order valence-electron chi connectivity index (χ1n) is 6.53. The minimum Gasteiger partial charge on any atom is -0.396 e. The van der Waals surface area contributed by atoms with Crippen LogP contribution in [0.4, 0.5) is 11.4 Å². The standard InChI is InChI=1S/C13H21N3O3S/c1-9-6-7-16(8-11(9)19-2)10-4-3-5-12(13(10)14)20(15,17)18/h3-5,9,11H,6-8,14H2,1-2H3,(H2,15,17,18). The van der Waals surface area contributed by atoms with Gasteiger partial charge in [-0.05, 0) is 24.5 Å². The minimum atomic E-state index is -3.81. The number of nitrogens with zero attached hydrogens (tertiary/aromatic N) is 1. The van der Waals surface area contributed by atoms with E-state index in [-0.39, 0.29) is 16.7 Å². The SMILES string of the molecule is COC1CN(c2cccc(S(N)(=O)=O)c2N)CCC1C. The lowest BCUT2D eigenvalue weighted by Gasteiger charge is -2.38. The molecule has 0 amide bonds. The van der Waals surface area contributed by atoms with Gasteiger partial charge in [0.25, 0.3) is 0 Å². The highest BCUT2D eigenvalue weighted by Crippen LogP contribution is 2.32. The quantitative estimate of drug-likeness (QED) is 0.804. The Morgan fingerprint density at radius 3 is 2.70 bits per heavy atom. The number of methoxy groups -OCH3 is 1. The van der Waals surface area contributed by atoms with E-state index in [1.54, 1.807) is 13.2 Å². The Kier molecular flexibility index (Phi) is 4.22. The van der Waals surface area contributed by atoms with Crippen LogP contribution in [-0.2, 0) is 14.8 Å². The van der Waals surface area contributed by atoms with E-state index < -0.39 is 10.0 Å². The molecule has 1 fully saturated rings. The average molecular weight is 299 g/mol. The summed E-state index contributed by atoms with van der Waals surface area (Å²) >= 11 is 0. The van der Waals surface area contributed by atoms with Crippen molar-refractivity contribution in [2.75, 3.05) is 30.8 Å². The second kappa shape index (κ2) is 5.59. The molecule has 112 valence electrons. The van der Waals surface area contributed by atoms with Gasteiger partial charge in [-0.3, -0.25) is 0 Å². The highest BCUT2D eigenvalue weighted by Gasteiger charge is 2.28. The largest absolute Gasteiger partial charge is 0.396 e. The Balaban J connectivity index is 2.35. The number of anilines is 2. The smallest absolute Gasteiger partial charge is 0.240 e. The molecule has 2 atom stereocenters. The van der Waals surface area contributed by atoms with Crippen LogP contribution in [0.1, 0.15) is 13.3 Å². The Bertz CT molecular complexity index is 589. The van der Waals surface area contributed by atoms with E-state index in [2.05, 4.69) is 11.8 Å². The van der Waals surface area contributed by atoms with Gasteiger partial charge in [0.2, 0.25) is 10.0 Å². The third-order valence-electron chi connectivity index (χ3n) is 3.88. The van der Waals surface area contributed by atoms with E-state index in [9.17, 15) is 8.42 Å². The predicted molar refractivity (Wildman–Crippen MR) is 79.0 cm³/mol. The van der Waals surface area contributed by atoms with Gasteiger partial charge in [0.05, 0.1) is 17.5 Å². The van der Waals surface area contributed by atoms with Crippen molar-refractivity contribution in [3.63, 3.8) is 0 Å². The summed E-state index contributed by atoms with van der Waals surface area (Å²) in [6.45, 7) is 3.66. The second-order valence-electron chi connectivity index (χ2n) is 5.22. The molecular formula is C13H21N3O3S. The van der Waals surface area contributed by atoms with Crippen molar-refractivity contribution in [1.29, 1.82) is 0 Å². The number of nitrogens with two attached hydrogens (primary N) is 2. The maximum Gasteiger partial charge on any atom is 0.240 e. The fraction of sp³-hybridized carbons (Fsp3) is 0.538. The van der Waals surface area contributed by atoms with Gasteiger partial charge in [-0.2, -0.15) is 0 Å². The summed E-state index contributed by atoms with van der Waals surface area (Å²) in [6, 6.07) is 4.90. The van der Waals surface area contributed by atoms with Crippen LogP contribution < -0.4 is 15.8 Å². The van der Waals surface area contributed by atoms with E-state index in [1.807, 2.05) is 6.07 Å². The number of hydrogen-bond acceptors (Lipinski definition) is 5. The van der Waals surface area contributed by atoms with Crippen molar-refractivity contribution < 1.29 is 13.2 Å². The molecule has 1 aliphatic heterocycles. The molecule has 0 bridgehead atoms. The monoisotopic (exact) mass is 299 g/mol. The molecule has 0 spiro atoms. The maximum absolute atomic E-state index is 11.5. The number of nitrogen functional groups attached to an aromatic ring is 1. The van der Waals surface area contributed by atoms with Crippen molar-refractivity contribution in [3.05, 3.63) is 18.2 Å². The predicted octanol–water partition coefficient (Wildman–Crippen LogP) is 0.777. The lowest BCUT2D eigenvalue weighted by molar-refractivity contribution is 0.0499. The van der Waals surface area contributed by atoms with E-state index in [0.717, 1.165) is 13.0 Å². The zero-order valence-electron chi connectivity index (χ0n) is 11.7. The summed E-state index contributed by atoms with van der Waals surface area (Å²) in [4.78, 5) is 2.03. The molecule has 7 heteroatoms. The number of ether oxygens (including phenoxy) is 1. The summed E-state index contributed by atoms with van der Waals surface area (Å²) in [5, 5.41) is 5.18. The van der Waals surface area contributed by atoms with Crippen molar-refractivity contribution in [3.8, 4) is 0 Å². The van der Waals surface area contributed by atoms with Crippen LogP contribution in [0, 0.1) is 5.92 Å². The number of rotatable bonds is 3. The highest BCUT2D eigenvalue weighted by atomic mass is 32.2. The van der Waals surface area contributed by atoms with Gasteiger partial charge in [-0.25, -0.2) is 13.6 Å². The van der Waals surface area contributed by atoms with Crippen LogP contribution in [0.2, 0.25) is 0 Å². The fourth-order valence-electron chi connectivity index (χ4n) is 2.62. The number of para-hydroxylation sites is 1. The molecule has 0 radical (unpaired) electrons. The molecule has 2 unspecified atom stereocenters. The number of primary sulfonamides is 1. The number of hydrogen-bond donors (Lipinski definition) is 2. The topological polar surface area (TPSA) is 98.6 Å². The van der Waals surface area contributed by atoms with Gasteiger partial charge in [0.15, 0.2) is 0 Å². The third-order valence-corrected chi connectivity index (χ3v) is 4.85. The summed E-state index contributed by atoms with van der Waals surface area (Å²) in [6.07, 6.45) is 1.08. The summed E-state index contributed by atoms with van der Waals surface area (Å²) in [5.41, 5.74) is 6.89. The molecule has 1 heterocycles. The normalized spacial score (nSPS) is 23.9. The number of benzene rings is 1. The van der Waals surface area contributed by atoms with Gasteiger partial charge in [-0.15, -0.1) is 0 Å². The number of piperidine rings is 1. The van der Waals surface area contributed by atoms with Crippen LogP contribution >= 0.6 is 0 Å². The van der Waals surface area contributed by atoms with E-state index in [0.29, 0.717) is 18.2 Å². The molecule has 1 aromatic rings. The zero-order chi connectivity index (χ0) is 14.9. The van der Waals surface area contributed by atoms with Crippen molar-refractivity contribution in [1.82, 2.24) is 0 Å². The van der Waals surface area contributed by atoms with Gasteiger partial charge >= 0.3 is 0 Å². The lowest BCUT2D eigenvalue weighted by Crippen LogP contribution is -2.44. The second-order valence-corrected chi connectivity index (χ2v) is 6.75. The summed E-state index contributed by atoms with van der Waals surface area (Å²) in [7, 11) is -2.12. The molecular weight excluding hydrogens is 278 g/mol. The molecule has 6 nitrogen and oxygen atoms in total. The lowest BCUT2D eigenvalue weighted by atomic mass is 9.95. The molecule has 2 rings (SSSR count). The molecule has 0 aliphatic carbocycles. The Morgan fingerprint density at radius 2 is 2.10 bits per heavy atom. The van der Waals surface area contributed by atoms with E-state index >= 15 is 0 Å². The maximum atomic E-state index is 11.5. The van der Waals surface area contributed by atoms with Gasteiger partial charge in [0.1, 0.15) is 4.90 Å². The van der Waals surface area contributed by atoms with Gasteiger partial charge in [-0.1, -0.05) is 13.0 Å².